The minimum atomic E-state index is -5.54. The molecule has 28 heteroatoms. The maximum atomic E-state index is 12.6. The fourth-order valence-electron chi connectivity index (χ4n) is 4.14. The molecule has 0 bridgehead atoms. The Morgan fingerprint density at radius 3 is 2.35 bits per heavy atom. The minimum absolute atomic E-state index is 0.0363. The summed E-state index contributed by atoms with van der Waals surface area (Å²) < 4.78 is 61.7. The number of amides is 2. The molecule has 2 aromatic rings. The third-order valence-corrected chi connectivity index (χ3v) is 9.83. The van der Waals surface area contributed by atoms with Crippen LogP contribution in [-0.2, 0) is 50.7 Å². The number of aliphatic hydroxyl groups is 2. The van der Waals surface area contributed by atoms with Crippen molar-refractivity contribution in [2.45, 2.75) is 57.8 Å². The van der Waals surface area contributed by atoms with E-state index in [-0.39, 0.29) is 35.9 Å². The number of phosphoric ester groups is 3. The molecule has 1 saturated heterocycles. The Morgan fingerprint density at radius 2 is 1.75 bits per heavy atom. The van der Waals surface area contributed by atoms with Crippen LogP contribution >= 0.6 is 36.1 Å². The Balaban J connectivity index is 0.00000290. The van der Waals surface area contributed by atoms with Crippen LogP contribution in [0, 0.1) is 5.41 Å². The maximum absolute atomic E-state index is 12.6. The summed E-state index contributed by atoms with van der Waals surface area (Å²) in [6.45, 7) is 2.17. The van der Waals surface area contributed by atoms with Crippen molar-refractivity contribution < 1.29 is 80.5 Å². The van der Waals surface area contributed by atoms with Crippen LogP contribution in [0.3, 0.4) is 0 Å². The van der Waals surface area contributed by atoms with Crippen LogP contribution in [0.25, 0.3) is 11.2 Å². The number of carbonyl (C=O) groups excluding carboxylic acids is 3. The van der Waals surface area contributed by atoms with Crippen molar-refractivity contribution in [3.63, 3.8) is 0 Å². The summed E-state index contributed by atoms with van der Waals surface area (Å²) in [7, 11) is -16.3. The number of nitrogens with zero attached hydrogens (tertiary/aromatic N) is 4. The molecule has 10 N–H and O–H groups in total. The Kier molecular flexibility index (Phi) is 16.7. The van der Waals surface area contributed by atoms with Crippen LogP contribution in [-0.4, -0.2) is 124 Å². The van der Waals surface area contributed by atoms with Gasteiger partial charge in [0.05, 0.1) is 19.5 Å². The van der Waals surface area contributed by atoms with E-state index in [2.05, 4.69) is 47.0 Å². The van der Waals surface area contributed by atoms with E-state index in [4.69, 9.17) is 24.3 Å². The van der Waals surface area contributed by atoms with E-state index in [1.54, 1.807) is 0 Å². The van der Waals surface area contributed by atoms with Crippen molar-refractivity contribution >= 4 is 71.2 Å². The zero-order valence-electron chi connectivity index (χ0n) is 27.2. The lowest BCUT2D eigenvalue weighted by atomic mass is 9.87. The number of nitrogen functional groups attached to an aromatic ring is 1. The number of hydrogen-bond acceptors (Lipinski definition) is 18. The number of aldehydes is 1. The molecule has 2 amide bonds. The molecule has 290 valence electrons. The topological polar surface area (TPSA) is 364 Å². The molecule has 0 aromatic carbocycles. The van der Waals surface area contributed by atoms with Crippen molar-refractivity contribution in [1.29, 1.82) is 0 Å². The van der Waals surface area contributed by atoms with Crippen molar-refractivity contribution in [3.8, 4) is 0 Å². The number of carbonyl (C=O) groups is 3. The second-order valence-electron chi connectivity index (χ2n) is 11.0. The van der Waals surface area contributed by atoms with Gasteiger partial charge in [-0.3, -0.25) is 27.7 Å². The number of fused-ring (bicyclic) bond motifs is 1. The van der Waals surface area contributed by atoms with Crippen LogP contribution in [0.2, 0.25) is 0 Å². The number of hydrogen-bond donors (Lipinski definition) is 10. The number of phosphoric acid groups is 3. The first-order valence-electron chi connectivity index (χ1n) is 14.5. The summed E-state index contributed by atoms with van der Waals surface area (Å²) in [5.41, 5.74) is 4.30. The van der Waals surface area contributed by atoms with Crippen LogP contribution < -0.4 is 16.4 Å². The molecular formula is C23H40N7O17P3S. The van der Waals surface area contributed by atoms with E-state index in [1.165, 1.54) is 20.8 Å². The molecule has 0 spiro atoms. The molecule has 1 aliphatic rings. The van der Waals surface area contributed by atoms with Gasteiger partial charge in [0.1, 0.15) is 42.5 Å². The molecular weight excluding hydrogens is 771 g/mol. The number of imidazole rings is 1. The normalized spacial score (nSPS) is 22.2. The number of aliphatic hydroxyl groups excluding tert-OH is 2. The summed E-state index contributed by atoms with van der Waals surface area (Å²) in [6.07, 6.45) is -5.99. The quantitative estimate of drug-likeness (QED) is 0.0467. The first-order chi connectivity index (χ1) is 23.6. The minimum Gasteiger partial charge on any atom is -0.386 e. The van der Waals surface area contributed by atoms with Crippen LogP contribution in [0.1, 0.15) is 33.4 Å². The zero-order chi connectivity index (χ0) is 38.8. The van der Waals surface area contributed by atoms with E-state index >= 15 is 0 Å². The molecule has 2 aromatic heterocycles. The van der Waals surface area contributed by atoms with Gasteiger partial charge in [-0.15, -0.1) is 0 Å². The van der Waals surface area contributed by atoms with Crippen LogP contribution in [0.15, 0.2) is 12.7 Å². The number of thiol groups is 1. The van der Waals surface area contributed by atoms with Crippen molar-refractivity contribution in [1.82, 2.24) is 30.2 Å². The van der Waals surface area contributed by atoms with E-state index in [9.17, 15) is 53.1 Å². The highest BCUT2D eigenvalue weighted by Gasteiger charge is 2.50. The lowest BCUT2D eigenvalue weighted by molar-refractivity contribution is -0.137. The number of ether oxygens (including phenoxy) is 1. The first kappa shape index (κ1) is 44.7. The van der Waals surface area contributed by atoms with Gasteiger partial charge in [0, 0.05) is 30.7 Å². The largest absolute Gasteiger partial charge is 0.481 e. The third-order valence-electron chi connectivity index (χ3n) is 6.51. The monoisotopic (exact) mass is 811 g/mol. The molecule has 51 heavy (non-hydrogen) atoms. The Bertz CT molecular complexity index is 1650. The molecule has 3 heterocycles. The molecule has 0 radical (unpaired) electrons. The predicted octanol–water partition coefficient (Wildman–Crippen LogP) is -1.46. The highest BCUT2D eigenvalue weighted by atomic mass is 32.1. The first-order valence-corrected chi connectivity index (χ1v) is 19.6. The molecule has 7 atom stereocenters. The third kappa shape index (κ3) is 13.8. The van der Waals surface area contributed by atoms with Gasteiger partial charge >= 0.3 is 23.5 Å². The Morgan fingerprint density at radius 1 is 1.12 bits per heavy atom. The average Bonchev–Trinajstić information content (AvgIpc) is 3.58. The molecule has 1 fully saturated rings. The average molecular weight is 812 g/mol. The lowest BCUT2D eigenvalue weighted by Gasteiger charge is -2.30. The van der Waals surface area contributed by atoms with Gasteiger partial charge in [-0.05, 0) is 6.92 Å². The SMILES string of the molecule is CC(C)(COP(=O)(O)OP(=O)(O)OC[C@H]1O[C@@H](n2cnc3c(N)ncnc32)[C@H](O)[C@@H]1OP(=O)(O)O)C(O)C(=O)NCCC(=O)NCCS.CC=O. The number of aromatic nitrogens is 4. The van der Waals surface area contributed by atoms with Crippen molar-refractivity contribution in [3.05, 3.63) is 12.7 Å². The van der Waals surface area contributed by atoms with Gasteiger partial charge in [0.2, 0.25) is 11.8 Å². The van der Waals surface area contributed by atoms with Gasteiger partial charge < -0.3 is 55.7 Å². The standard InChI is InChI=1S/C21H36N7O16P3S.C2H4O/c1-21(2,16(31)19(32)24-4-3-12(29)23-5-6-48)8-41-47(38,39)44-46(36,37)40-7-11-15(43-45(33,34)35)14(30)20(42-11)28-10-27-13-17(22)25-9-26-18(13)28;1-2-3/h9-11,14-16,20,30-31,48H,3-8H2,1-2H3,(H,23,29)(H,24,32)(H,36,37)(H,38,39)(H2,22,25,26)(H2,33,34,35);2H,1H3/t11-,14-,15-,16?,20-;/m1./s1. The number of rotatable bonds is 18. The summed E-state index contributed by atoms with van der Waals surface area (Å²) in [6, 6.07) is 0. The molecule has 0 aliphatic carbocycles. The fraction of sp³-hybridized carbons (Fsp3) is 0.652. The number of nitrogens with two attached hydrogens (primary N) is 1. The lowest BCUT2D eigenvalue weighted by Crippen LogP contribution is -2.46. The summed E-state index contributed by atoms with van der Waals surface area (Å²) in [5.74, 6) is -0.943. The van der Waals surface area contributed by atoms with E-state index in [0.717, 1.165) is 23.5 Å². The molecule has 3 rings (SSSR count). The summed E-state index contributed by atoms with van der Waals surface area (Å²) >= 11 is 3.95. The van der Waals surface area contributed by atoms with Crippen molar-refractivity contribution in [2.75, 3.05) is 37.8 Å². The summed E-state index contributed by atoms with van der Waals surface area (Å²) in [5, 5.41) is 26.1. The van der Waals surface area contributed by atoms with Crippen LogP contribution in [0.4, 0.5) is 5.82 Å². The van der Waals surface area contributed by atoms with Gasteiger partial charge in [-0.1, -0.05) is 13.8 Å². The van der Waals surface area contributed by atoms with Gasteiger partial charge in [-0.2, -0.15) is 16.9 Å². The fourth-order valence-corrected chi connectivity index (χ4v) is 7.08. The van der Waals surface area contributed by atoms with E-state index in [0.29, 0.717) is 12.3 Å². The maximum Gasteiger partial charge on any atom is 0.481 e. The molecule has 0 saturated carbocycles. The molecule has 3 unspecified atom stereocenters. The zero-order valence-corrected chi connectivity index (χ0v) is 30.8. The van der Waals surface area contributed by atoms with E-state index in [1.807, 2.05) is 0 Å². The molecule has 1 aliphatic heterocycles. The highest BCUT2D eigenvalue weighted by Crippen LogP contribution is 2.61. The smallest absolute Gasteiger partial charge is 0.386 e. The van der Waals surface area contributed by atoms with Gasteiger partial charge in [0.25, 0.3) is 0 Å². The molecule has 24 nitrogen and oxygen atoms in total. The Hall–Kier alpha value is -2.44. The van der Waals surface area contributed by atoms with E-state index < -0.39 is 78.6 Å². The number of nitrogens with one attached hydrogen (secondary N) is 2. The predicted molar refractivity (Wildman–Crippen MR) is 175 cm³/mol. The Labute approximate surface area is 295 Å². The highest BCUT2D eigenvalue weighted by molar-refractivity contribution is 7.80. The van der Waals surface area contributed by atoms with Crippen LogP contribution in [0.5, 0.6) is 0 Å². The second kappa shape index (κ2) is 19.1. The van der Waals surface area contributed by atoms with Crippen molar-refractivity contribution in [2.24, 2.45) is 5.41 Å². The van der Waals surface area contributed by atoms with Gasteiger partial charge in [-0.25, -0.2) is 28.6 Å². The second-order valence-corrected chi connectivity index (χ2v) is 15.7. The van der Waals surface area contributed by atoms with Gasteiger partial charge in [0.15, 0.2) is 17.7 Å². The summed E-state index contributed by atoms with van der Waals surface area (Å²) in [4.78, 5) is 83.4. The number of anilines is 1.